The minimum Gasteiger partial charge on any atom is -0.479 e. The molecule has 2 rings (SSSR count). The second-order valence-electron chi connectivity index (χ2n) is 12.8. The zero-order chi connectivity index (χ0) is 36.7. The number of nitrogens with one attached hydrogen (secondary N) is 4. The van der Waals surface area contributed by atoms with Crippen LogP contribution in [0.15, 0.2) is 18.6 Å². The molecule has 2 aromatic heterocycles. The molecule has 0 saturated heterocycles. The number of amides is 4. The molecule has 0 aliphatic carbocycles. The Morgan fingerprint density at radius 3 is 2.16 bits per heavy atom. The molecule has 0 unspecified atom stereocenters. The van der Waals surface area contributed by atoms with Gasteiger partial charge in [-0.1, -0.05) is 52.2 Å². The number of aromatic nitrogens is 5. The van der Waals surface area contributed by atoms with Gasteiger partial charge in [0.1, 0.15) is 24.5 Å². The standard InChI is InChI=1S/C34H58N10O6/c1-5-7-16-43(17-8-6-2)18-13-11-14-27(32(48)35-22-30(47)38-24-45)39-33(49)31(25(3)4)40-29(46)15-10-9-12-19-44-23-28(41-42-44)26-20-36-34(50)37-21-26/h20-21,23,25,27,31,45H,5-19,22,24H2,1-4H3,(H,35,48)(H,38,47)(H,39,49)(H,40,46)(H,36,37,50)/t27-,31-/m0/s1. The molecule has 2 atom stereocenters. The van der Waals surface area contributed by atoms with E-state index in [9.17, 15) is 24.3 Å². The Morgan fingerprint density at radius 1 is 0.840 bits per heavy atom. The molecule has 0 spiro atoms. The summed E-state index contributed by atoms with van der Waals surface area (Å²) in [5.74, 6) is -1.98. The van der Waals surface area contributed by atoms with E-state index in [2.05, 4.69) is 60.3 Å². The van der Waals surface area contributed by atoms with Crippen molar-refractivity contribution in [1.82, 2.24) is 51.1 Å². The number of nitrogens with zero attached hydrogens (tertiary/aromatic N) is 6. The fraction of sp³-hybridized carbons (Fsp3) is 0.706. The quantitative estimate of drug-likeness (QED) is 0.0615. The number of carbonyl (C=O) groups is 4. The highest BCUT2D eigenvalue weighted by Gasteiger charge is 2.29. The molecule has 2 aromatic rings. The minimum absolute atomic E-state index is 0.232. The molecule has 0 bridgehead atoms. The number of aliphatic hydroxyl groups excluding tert-OH is 1. The second kappa shape index (κ2) is 24.1. The molecule has 0 aliphatic heterocycles. The Hall–Kier alpha value is -4.18. The van der Waals surface area contributed by atoms with Gasteiger partial charge >= 0.3 is 6.01 Å². The average Bonchev–Trinajstić information content (AvgIpc) is 3.57. The number of aromatic hydroxyl groups is 1. The summed E-state index contributed by atoms with van der Waals surface area (Å²) in [6, 6.07) is -2.04. The first-order chi connectivity index (χ1) is 24.1. The van der Waals surface area contributed by atoms with Crippen LogP contribution in [0.3, 0.4) is 0 Å². The Balaban J connectivity index is 1.88. The molecule has 16 heteroatoms. The van der Waals surface area contributed by atoms with Crippen LogP contribution in [-0.2, 0) is 25.7 Å². The van der Waals surface area contributed by atoms with Crippen molar-refractivity contribution in [3.8, 4) is 17.3 Å². The van der Waals surface area contributed by atoms with Crippen molar-refractivity contribution in [2.75, 3.05) is 32.9 Å². The Morgan fingerprint density at radius 2 is 1.52 bits per heavy atom. The third kappa shape index (κ3) is 16.5. The zero-order valence-corrected chi connectivity index (χ0v) is 30.2. The molecular formula is C34H58N10O6. The van der Waals surface area contributed by atoms with Crippen LogP contribution in [0.5, 0.6) is 6.01 Å². The molecule has 50 heavy (non-hydrogen) atoms. The zero-order valence-electron chi connectivity index (χ0n) is 30.2. The molecule has 4 amide bonds. The van der Waals surface area contributed by atoms with Crippen molar-refractivity contribution in [3.05, 3.63) is 18.6 Å². The number of rotatable bonds is 26. The number of hydrogen-bond acceptors (Lipinski definition) is 11. The summed E-state index contributed by atoms with van der Waals surface area (Å²) in [4.78, 5) is 61.2. The lowest BCUT2D eigenvalue weighted by Gasteiger charge is -2.26. The first-order valence-electron chi connectivity index (χ1n) is 18.0. The highest BCUT2D eigenvalue weighted by molar-refractivity contribution is 5.93. The first-order valence-corrected chi connectivity index (χ1v) is 18.0. The predicted octanol–water partition coefficient (Wildman–Crippen LogP) is 1.88. The van der Waals surface area contributed by atoms with Crippen LogP contribution in [0.4, 0.5) is 0 Å². The number of carbonyl (C=O) groups excluding carboxylic acids is 4. The van der Waals surface area contributed by atoms with E-state index < -0.39 is 36.5 Å². The van der Waals surface area contributed by atoms with Gasteiger partial charge in [-0.3, -0.25) is 23.9 Å². The van der Waals surface area contributed by atoms with Gasteiger partial charge < -0.3 is 36.4 Å². The third-order valence-electron chi connectivity index (χ3n) is 8.23. The number of hydrogen-bond donors (Lipinski definition) is 6. The van der Waals surface area contributed by atoms with Crippen molar-refractivity contribution in [3.63, 3.8) is 0 Å². The van der Waals surface area contributed by atoms with Gasteiger partial charge in [-0.2, -0.15) is 0 Å². The van der Waals surface area contributed by atoms with Crippen LogP contribution in [0, 0.1) is 5.92 Å². The lowest BCUT2D eigenvalue weighted by molar-refractivity contribution is -0.133. The molecule has 0 fully saturated rings. The maximum atomic E-state index is 13.4. The van der Waals surface area contributed by atoms with Crippen LogP contribution in [0.2, 0.25) is 0 Å². The molecule has 0 radical (unpaired) electrons. The SMILES string of the molecule is CCCCN(CCCC)CCCC[C@H](NC(=O)[C@@H](NC(=O)CCCCCn1cc(-c2cnc(O)nc2)nn1)C(C)C)C(=O)NCC(=O)NCO. The van der Waals surface area contributed by atoms with Gasteiger partial charge in [0.15, 0.2) is 0 Å². The maximum absolute atomic E-state index is 13.4. The van der Waals surface area contributed by atoms with Crippen molar-refractivity contribution in [1.29, 1.82) is 0 Å². The van der Waals surface area contributed by atoms with Gasteiger partial charge in [-0.25, -0.2) is 9.97 Å². The number of aryl methyl sites for hydroxylation is 1. The molecule has 280 valence electrons. The van der Waals surface area contributed by atoms with E-state index in [1.54, 1.807) is 10.9 Å². The summed E-state index contributed by atoms with van der Waals surface area (Å²) in [6.45, 7) is 10.7. The van der Waals surface area contributed by atoms with Crippen molar-refractivity contribution in [2.24, 2.45) is 5.92 Å². The lowest BCUT2D eigenvalue weighted by Crippen LogP contribution is -2.56. The van der Waals surface area contributed by atoms with E-state index in [1.165, 1.54) is 12.4 Å². The van der Waals surface area contributed by atoms with Gasteiger partial charge in [0.2, 0.25) is 23.6 Å². The van der Waals surface area contributed by atoms with Crippen LogP contribution < -0.4 is 21.3 Å². The Kier molecular flexibility index (Phi) is 20.2. The van der Waals surface area contributed by atoms with E-state index in [-0.39, 0.29) is 30.8 Å². The van der Waals surface area contributed by atoms with E-state index in [1.807, 2.05) is 13.8 Å². The van der Waals surface area contributed by atoms with Crippen LogP contribution in [0.1, 0.15) is 98.3 Å². The number of unbranched alkanes of at least 4 members (excludes halogenated alkanes) is 5. The Bertz CT molecular complexity index is 1280. The smallest absolute Gasteiger partial charge is 0.313 e. The van der Waals surface area contributed by atoms with E-state index >= 15 is 0 Å². The van der Waals surface area contributed by atoms with E-state index in [4.69, 9.17) is 5.11 Å². The predicted molar refractivity (Wildman–Crippen MR) is 188 cm³/mol. The monoisotopic (exact) mass is 702 g/mol. The lowest BCUT2D eigenvalue weighted by atomic mass is 10.0. The molecule has 2 heterocycles. The summed E-state index contributed by atoms with van der Waals surface area (Å²) in [7, 11) is 0. The van der Waals surface area contributed by atoms with Gasteiger partial charge in [-0.15, -0.1) is 5.10 Å². The molecule has 6 N–H and O–H groups in total. The third-order valence-corrected chi connectivity index (χ3v) is 8.23. The highest BCUT2D eigenvalue weighted by atomic mass is 16.3. The van der Waals surface area contributed by atoms with Gasteiger partial charge in [0.05, 0.1) is 12.7 Å². The second-order valence-corrected chi connectivity index (χ2v) is 12.8. The molecule has 16 nitrogen and oxygen atoms in total. The maximum Gasteiger partial charge on any atom is 0.313 e. The first kappa shape index (κ1) is 42.0. The summed E-state index contributed by atoms with van der Waals surface area (Å²) < 4.78 is 1.70. The summed E-state index contributed by atoms with van der Waals surface area (Å²) >= 11 is 0. The van der Waals surface area contributed by atoms with E-state index in [0.717, 1.165) is 64.6 Å². The largest absolute Gasteiger partial charge is 0.479 e. The van der Waals surface area contributed by atoms with Crippen molar-refractivity contribution in [2.45, 2.75) is 117 Å². The van der Waals surface area contributed by atoms with Crippen molar-refractivity contribution >= 4 is 23.6 Å². The topological polar surface area (TPSA) is 217 Å². The Labute approximate surface area is 295 Å². The van der Waals surface area contributed by atoms with Gasteiger partial charge in [-0.05, 0) is 70.5 Å². The summed E-state index contributed by atoms with van der Waals surface area (Å²) in [5.41, 5.74) is 1.23. The average molecular weight is 703 g/mol. The molecule has 0 saturated carbocycles. The summed E-state index contributed by atoms with van der Waals surface area (Å²) in [5, 5.41) is 36.8. The normalized spacial score (nSPS) is 12.5. The fourth-order valence-corrected chi connectivity index (χ4v) is 5.26. The van der Waals surface area contributed by atoms with Crippen LogP contribution in [-0.4, -0.2) is 109 Å². The molecule has 0 aromatic carbocycles. The fourth-order valence-electron chi connectivity index (χ4n) is 5.26. The molecular weight excluding hydrogens is 644 g/mol. The highest BCUT2D eigenvalue weighted by Crippen LogP contribution is 2.15. The van der Waals surface area contributed by atoms with Crippen molar-refractivity contribution < 1.29 is 29.4 Å². The van der Waals surface area contributed by atoms with Gasteiger partial charge in [0, 0.05) is 30.9 Å². The minimum atomic E-state index is -0.888. The number of aliphatic hydroxyl groups is 1. The van der Waals surface area contributed by atoms with E-state index in [0.29, 0.717) is 37.1 Å². The van der Waals surface area contributed by atoms with Gasteiger partial charge in [0.25, 0.3) is 0 Å². The van der Waals surface area contributed by atoms with Crippen LogP contribution in [0.25, 0.3) is 11.3 Å². The van der Waals surface area contributed by atoms with Crippen LogP contribution >= 0.6 is 0 Å². The molecule has 0 aliphatic rings. The summed E-state index contributed by atoms with van der Waals surface area (Å²) in [6.07, 6.45) is 13.5.